The molecule has 1 amide bonds. The van der Waals surface area contributed by atoms with Gasteiger partial charge in [-0.2, -0.15) is 0 Å². The number of carbonyl (C=O) groups is 1. The van der Waals surface area contributed by atoms with Crippen molar-refractivity contribution >= 4 is 15.9 Å². The van der Waals surface area contributed by atoms with Gasteiger partial charge in [0.2, 0.25) is 15.9 Å². The summed E-state index contributed by atoms with van der Waals surface area (Å²) in [5.74, 6) is -0.219. The first-order valence-electron chi connectivity index (χ1n) is 9.21. The maximum absolute atomic E-state index is 12.5. The molecular formula is C18H27N3O4S. The van der Waals surface area contributed by atoms with Crippen molar-refractivity contribution in [1.82, 2.24) is 15.0 Å². The fourth-order valence-corrected chi connectivity index (χ4v) is 5.10. The van der Waals surface area contributed by atoms with Crippen molar-refractivity contribution in [2.45, 2.75) is 55.9 Å². The van der Waals surface area contributed by atoms with Gasteiger partial charge < -0.3 is 10.1 Å². The topological polar surface area (TPSA) is 97.4 Å². The van der Waals surface area contributed by atoms with E-state index in [2.05, 4.69) is 15.0 Å². The number of methoxy groups -OCH3 is 1. The third-order valence-electron chi connectivity index (χ3n) is 5.15. The van der Waals surface area contributed by atoms with Gasteiger partial charge in [0, 0.05) is 43.9 Å². The Bertz CT molecular complexity index is 706. The van der Waals surface area contributed by atoms with E-state index in [1.165, 1.54) is 0 Å². The molecule has 2 fully saturated rings. The number of aromatic nitrogens is 1. The Morgan fingerprint density at radius 2 is 2.08 bits per heavy atom. The summed E-state index contributed by atoms with van der Waals surface area (Å²) >= 11 is 0. The highest BCUT2D eigenvalue weighted by atomic mass is 32.2. The highest BCUT2D eigenvalue weighted by Crippen LogP contribution is 2.31. The van der Waals surface area contributed by atoms with Crippen LogP contribution in [0.4, 0.5) is 0 Å². The minimum absolute atomic E-state index is 0.0221. The van der Waals surface area contributed by atoms with E-state index < -0.39 is 10.0 Å². The molecule has 0 spiro atoms. The third-order valence-corrected chi connectivity index (χ3v) is 7.13. The average Bonchev–Trinajstić information content (AvgIpc) is 3.48. The second-order valence-corrected chi connectivity index (χ2v) is 9.11. The highest BCUT2D eigenvalue weighted by molar-refractivity contribution is 7.90. The Morgan fingerprint density at radius 3 is 2.73 bits per heavy atom. The van der Waals surface area contributed by atoms with Gasteiger partial charge in [0.25, 0.3) is 0 Å². The van der Waals surface area contributed by atoms with Crippen molar-refractivity contribution in [3.05, 3.63) is 30.1 Å². The number of sulfonamides is 1. The molecule has 1 heterocycles. The second kappa shape index (κ2) is 8.45. The number of amides is 1. The van der Waals surface area contributed by atoms with Crippen LogP contribution in [-0.4, -0.2) is 50.4 Å². The molecule has 0 saturated heterocycles. The molecule has 2 aliphatic rings. The number of nitrogens with one attached hydrogen (secondary N) is 2. The molecular weight excluding hydrogens is 354 g/mol. The van der Waals surface area contributed by atoms with Crippen LogP contribution in [0.15, 0.2) is 24.4 Å². The number of rotatable bonds is 8. The van der Waals surface area contributed by atoms with Gasteiger partial charge in [-0.15, -0.1) is 0 Å². The SMILES string of the molecule is CO[C@@H]1CC[C@H](C(=O)NCCc2ccccn2)C[C@H]1NS(=O)(=O)C1CC1. The maximum atomic E-state index is 12.5. The van der Waals surface area contributed by atoms with Crippen LogP contribution in [0.25, 0.3) is 0 Å². The first-order valence-corrected chi connectivity index (χ1v) is 10.8. The molecule has 3 rings (SSSR count). The maximum Gasteiger partial charge on any atom is 0.223 e. The molecule has 1 aromatic heterocycles. The Labute approximate surface area is 155 Å². The molecule has 0 aromatic carbocycles. The first kappa shape index (κ1) is 19.3. The molecule has 0 aliphatic heterocycles. The molecule has 2 N–H and O–H groups in total. The Hall–Kier alpha value is -1.51. The van der Waals surface area contributed by atoms with E-state index >= 15 is 0 Å². The van der Waals surface area contributed by atoms with Crippen molar-refractivity contribution in [3.63, 3.8) is 0 Å². The molecule has 0 bridgehead atoms. The number of hydrogen-bond acceptors (Lipinski definition) is 5. The van der Waals surface area contributed by atoms with E-state index in [1.807, 2.05) is 18.2 Å². The highest BCUT2D eigenvalue weighted by Gasteiger charge is 2.41. The predicted molar refractivity (Wildman–Crippen MR) is 98.0 cm³/mol. The van der Waals surface area contributed by atoms with Gasteiger partial charge in [-0.25, -0.2) is 13.1 Å². The summed E-state index contributed by atoms with van der Waals surface area (Å²) in [6.07, 6.45) is 5.52. The van der Waals surface area contributed by atoms with Gasteiger partial charge in [0.15, 0.2) is 0 Å². The lowest BCUT2D eigenvalue weighted by Gasteiger charge is -2.35. The molecule has 0 unspecified atom stereocenters. The fourth-order valence-electron chi connectivity index (χ4n) is 3.48. The summed E-state index contributed by atoms with van der Waals surface area (Å²) in [7, 11) is -1.71. The Balaban J connectivity index is 1.51. The lowest BCUT2D eigenvalue weighted by atomic mass is 9.83. The van der Waals surface area contributed by atoms with E-state index in [0.29, 0.717) is 32.2 Å². The summed E-state index contributed by atoms with van der Waals surface area (Å²) < 4.78 is 32.7. The van der Waals surface area contributed by atoms with Gasteiger partial charge in [-0.05, 0) is 44.2 Å². The van der Waals surface area contributed by atoms with E-state index in [-0.39, 0.29) is 29.2 Å². The van der Waals surface area contributed by atoms with Gasteiger partial charge >= 0.3 is 0 Å². The van der Waals surface area contributed by atoms with Gasteiger partial charge in [-0.1, -0.05) is 6.07 Å². The van der Waals surface area contributed by atoms with Crippen LogP contribution in [0.3, 0.4) is 0 Å². The molecule has 7 nitrogen and oxygen atoms in total. The molecule has 2 aliphatic carbocycles. The Kier molecular flexibility index (Phi) is 6.26. The number of hydrogen-bond donors (Lipinski definition) is 2. The van der Waals surface area contributed by atoms with E-state index in [0.717, 1.165) is 18.5 Å². The zero-order valence-electron chi connectivity index (χ0n) is 15.1. The third kappa shape index (κ3) is 5.02. The largest absolute Gasteiger partial charge is 0.380 e. The fraction of sp³-hybridized carbons (Fsp3) is 0.667. The number of carbonyl (C=O) groups excluding carboxylic acids is 1. The summed E-state index contributed by atoms with van der Waals surface area (Å²) in [6, 6.07) is 5.37. The molecule has 3 atom stereocenters. The normalized spacial score (nSPS) is 26.4. The first-order chi connectivity index (χ1) is 12.5. The van der Waals surface area contributed by atoms with Crippen molar-refractivity contribution in [2.75, 3.05) is 13.7 Å². The van der Waals surface area contributed by atoms with Crippen LogP contribution in [0.1, 0.15) is 37.8 Å². The molecule has 144 valence electrons. The van der Waals surface area contributed by atoms with Crippen LogP contribution in [0, 0.1) is 5.92 Å². The number of nitrogens with zero attached hydrogens (tertiary/aromatic N) is 1. The smallest absolute Gasteiger partial charge is 0.223 e. The average molecular weight is 381 g/mol. The standard InChI is InChI=1S/C18H27N3O4S/c1-25-17-8-5-13(12-16(17)21-26(23,24)15-6-7-15)18(22)20-11-9-14-4-2-3-10-19-14/h2-4,10,13,15-17,21H,5-9,11-12H2,1H3,(H,20,22)/t13-,16+,17+/m0/s1. The lowest BCUT2D eigenvalue weighted by molar-refractivity contribution is -0.127. The van der Waals surface area contributed by atoms with Crippen LogP contribution >= 0.6 is 0 Å². The molecule has 1 aromatic rings. The van der Waals surface area contributed by atoms with Crippen LogP contribution in [0.2, 0.25) is 0 Å². The summed E-state index contributed by atoms with van der Waals surface area (Å²) in [5, 5.41) is 2.68. The minimum Gasteiger partial charge on any atom is -0.380 e. The predicted octanol–water partition coefficient (Wildman–Crippen LogP) is 1.01. The van der Waals surface area contributed by atoms with Crippen LogP contribution in [0.5, 0.6) is 0 Å². The monoisotopic (exact) mass is 381 g/mol. The lowest BCUT2D eigenvalue weighted by Crippen LogP contribution is -2.51. The zero-order valence-corrected chi connectivity index (χ0v) is 15.9. The Morgan fingerprint density at radius 1 is 1.27 bits per heavy atom. The van der Waals surface area contributed by atoms with Crippen LogP contribution < -0.4 is 10.0 Å². The van der Waals surface area contributed by atoms with Gasteiger partial charge in [0.05, 0.1) is 11.4 Å². The second-order valence-electron chi connectivity index (χ2n) is 7.11. The van der Waals surface area contributed by atoms with Crippen molar-refractivity contribution < 1.29 is 17.9 Å². The van der Waals surface area contributed by atoms with E-state index in [4.69, 9.17) is 4.74 Å². The van der Waals surface area contributed by atoms with Gasteiger partial charge in [0.1, 0.15) is 0 Å². The minimum atomic E-state index is -3.30. The quantitative estimate of drug-likeness (QED) is 0.700. The molecule has 26 heavy (non-hydrogen) atoms. The van der Waals surface area contributed by atoms with Gasteiger partial charge in [-0.3, -0.25) is 9.78 Å². The van der Waals surface area contributed by atoms with Crippen molar-refractivity contribution in [2.24, 2.45) is 5.92 Å². The van der Waals surface area contributed by atoms with E-state index in [9.17, 15) is 13.2 Å². The molecule has 2 saturated carbocycles. The van der Waals surface area contributed by atoms with Crippen LogP contribution in [-0.2, 0) is 26.0 Å². The molecule has 0 radical (unpaired) electrons. The van der Waals surface area contributed by atoms with E-state index in [1.54, 1.807) is 13.3 Å². The van der Waals surface area contributed by atoms with Crippen molar-refractivity contribution in [1.29, 1.82) is 0 Å². The van der Waals surface area contributed by atoms with Crippen molar-refractivity contribution in [3.8, 4) is 0 Å². The zero-order chi connectivity index (χ0) is 18.6. The number of pyridine rings is 1. The summed E-state index contributed by atoms with van der Waals surface area (Å²) in [4.78, 5) is 16.7. The number of ether oxygens (including phenoxy) is 1. The summed E-state index contributed by atoms with van der Waals surface area (Å²) in [5.41, 5.74) is 0.936. The molecule has 8 heteroatoms. The summed E-state index contributed by atoms with van der Waals surface area (Å²) in [6.45, 7) is 0.526.